The highest BCUT2D eigenvalue weighted by Crippen LogP contribution is 2.44. The number of carbonyl (C=O) groups is 2. The van der Waals surface area contributed by atoms with Gasteiger partial charge in [0.05, 0.1) is 5.41 Å². The highest BCUT2D eigenvalue weighted by atomic mass is 16.2. The van der Waals surface area contributed by atoms with Gasteiger partial charge < -0.3 is 15.5 Å². The molecule has 1 heterocycles. The van der Waals surface area contributed by atoms with Crippen LogP contribution in [0.5, 0.6) is 0 Å². The number of nitrogens with zero attached hydrogens (tertiary/aromatic N) is 1. The van der Waals surface area contributed by atoms with E-state index in [9.17, 15) is 9.59 Å². The van der Waals surface area contributed by atoms with Crippen molar-refractivity contribution >= 4 is 17.5 Å². The lowest BCUT2D eigenvalue weighted by atomic mass is 9.67. The fourth-order valence-corrected chi connectivity index (χ4v) is 5.48. The molecule has 0 spiro atoms. The first-order valence-electron chi connectivity index (χ1n) is 11.0. The molecule has 0 unspecified atom stereocenters. The maximum atomic E-state index is 13.1. The second kappa shape index (κ2) is 8.24. The summed E-state index contributed by atoms with van der Waals surface area (Å²) in [5, 5.41) is 6.56. The van der Waals surface area contributed by atoms with Crippen molar-refractivity contribution in [1.82, 2.24) is 10.2 Å². The maximum Gasteiger partial charge on any atom is 0.253 e. The van der Waals surface area contributed by atoms with Gasteiger partial charge in [-0.2, -0.15) is 0 Å². The van der Waals surface area contributed by atoms with Gasteiger partial charge in [0.2, 0.25) is 5.91 Å². The van der Waals surface area contributed by atoms with Crippen LogP contribution in [0.1, 0.15) is 68.1 Å². The van der Waals surface area contributed by atoms with E-state index in [2.05, 4.69) is 10.6 Å². The van der Waals surface area contributed by atoms with Crippen molar-refractivity contribution in [3.63, 3.8) is 0 Å². The van der Waals surface area contributed by atoms with Crippen molar-refractivity contribution in [3.8, 4) is 0 Å². The Balaban J connectivity index is 1.40. The van der Waals surface area contributed by atoms with E-state index in [1.165, 1.54) is 25.7 Å². The lowest BCUT2D eigenvalue weighted by Crippen LogP contribution is -2.44. The van der Waals surface area contributed by atoms with Crippen molar-refractivity contribution in [1.29, 1.82) is 0 Å². The quantitative estimate of drug-likeness (QED) is 0.831. The first-order valence-corrected chi connectivity index (χ1v) is 11.0. The van der Waals surface area contributed by atoms with E-state index < -0.39 is 0 Å². The van der Waals surface area contributed by atoms with Crippen LogP contribution in [0.15, 0.2) is 24.3 Å². The summed E-state index contributed by atoms with van der Waals surface area (Å²) in [5.74, 6) is 0.669. The lowest BCUT2D eigenvalue weighted by Gasteiger charge is -2.37. The Bertz CT molecular complexity index is 711. The molecular formula is C23H33N3O2. The second-order valence-electron chi connectivity index (χ2n) is 8.97. The zero-order valence-electron chi connectivity index (χ0n) is 17.0. The fourth-order valence-electron chi connectivity index (χ4n) is 5.48. The van der Waals surface area contributed by atoms with E-state index >= 15 is 0 Å². The first kappa shape index (κ1) is 19.4. The molecule has 1 aromatic carbocycles. The molecule has 0 aromatic heterocycles. The number of fused-ring (bicyclic) bond motifs is 1. The van der Waals surface area contributed by atoms with Gasteiger partial charge in [-0.15, -0.1) is 0 Å². The molecule has 152 valence electrons. The summed E-state index contributed by atoms with van der Waals surface area (Å²) >= 11 is 0. The molecule has 2 amide bonds. The van der Waals surface area contributed by atoms with Gasteiger partial charge in [0.15, 0.2) is 0 Å². The zero-order valence-corrected chi connectivity index (χ0v) is 17.0. The molecule has 2 N–H and O–H groups in total. The van der Waals surface area contributed by atoms with Gasteiger partial charge in [-0.25, -0.2) is 0 Å². The Morgan fingerprint density at radius 1 is 1.04 bits per heavy atom. The summed E-state index contributed by atoms with van der Waals surface area (Å²) in [6.07, 6.45) is 10.4. The normalized spacial score (nSPS) is 27.8. The number of hydrogen-bond donors (Lipinski definition) is 2. The van der Waals surface area contributed by atoms with Crippen LogP contribution in [0.3, 0.4) is 0 Å². The van der Waals surface area contributed by atoms with Crippen molar-refractivity contribution < 1.29 is 9.59 Å². The van der Waals surface area contributed by atoms with Gasteiger partial charge in [-0.05, 0) is 62.4 Å². The number of carbonyl (C=O) groups excluding carboxylic acids is 2. The Kier molecular flexibility index (Phi) is 5.72. The minimum Gasteiger partial charge on any atom is -0.339 e. The summed E-state index contributed by atoms with van der Waals surface area (Å²) in [6.45, 7) is 1.74. The summed E-state index contributed by atoms with van der Waals surface area (Å²) in [5.41, 5.74) is 1.23. The molecule has 5 heteroatoms. The van der Waals surface area contributed by atoms with E-state index in [1.54, 1.807) is 0 Å². The van der Waals surface area contributed by atoms with E-state index in [1.807, 2.05) is 36.2 Å². The summed E-state index contributed by atoms with van der Waals surface area (Å²) < 4.78 is 0. The van der Waals surface area contributed by atoms with Crippen molar-refractivity contribution in [3.05, 3.63) is 29.8 Å². The van der Waals surface area contributed by atoms with E-state index in [0.717, 1.165) is 50.9 Å². The molecule has 1 aromatic rings. The van der Waals surface area contributed by atoms with Crippen molar-refractivity contribution in [2.45, 2.75) is 63.8 Å². The minimum absolute atomic E-state index is 0.0794. The second-order valence-corrected chi connectivity index (χ2v) is 8.97. The third kappa shape index (κ3) is 3.69. The fraction of sp³-hybridized carbons (Fsp3) is 0.652. The largest absolute Gasteiger partial charge is 0.339 e. The molecule has 3 aliphatic rings. The SMILES string of the molecule is CN(C(=O)c1ccc(NC(=O)[C@@]23CCCC[C@H]2CNC3)cc1)C1CCCCC1. The average Bonchev–Trinajstić information content (AvgIpc) is 3.19. The van der Waals surface area contributed by atoms with Crippen molar-refractivity contribution in [2.24, 2.45) is 11.3 Å². The third-order valence-corrected chi connectivity index (χ3v) is 7.32. The molecule has 1 aliphatic heterocycles. The molecule has 5 nitrogen and oxygen atoms in total. The highest BCUT2D eigenvalue weighted by molar-refractivity contribution is 5.98. The van der Waals surface area contributed by atoms with E-state index in [4.69, 9.17) is 0 Å². The van der Waals surface area contributed by atoms with Crippen LogP contribution in [0.25, 0.3) is 0 Å². The molecule has 4 rings (SSSR count). The van der Waals surface area contributed by atoms with E-state index in [-0.39, 0.29) is 17.2 Å². The first-order chi connectivity index (χ1) is 13.6. The number of rotatable bonds is 4. The van der Waals surface area contributed by atoms with E-state index in [0.29, 0.717) is 17.5 Å². The predicted molar refractivity (Wildman–Crippen MR) is 111 cm³/mol. The van der Waals surface area contributed by atoms with Gasteiger partial charge in [-0.3, -0.25) is 9.59 Å². The Morgan fingerprint density at radius 3 is 2.50 bits per heavy atom. The maximum absolute atomic E-state index is 13.1. The minimum atomic E-state index is -0.256. The zero-order chi connectivity index (χ0) is 19.6. The smallest absolute Gasteiger partial charge is 0.253 e. The van der Waals surface area contributed by atoms with Gasteiger partial charge >= 0.3 is 0 Å². The molecular weight excluding hydrogens is 350 g/mol. The number of benzene rings is 1. The molecule has 2 aliphatic carbocycles. The number of hydrogen-bond acceptors (Lipinski definition) is 3. The standard InChI is InChI=1S/C23H33N3O2/c1-26(20-8-3-2-4-9-20)21(27)17-10-12-19(13-11-17)25-22(28)23-14-6-5-7-18(23)15-24-16-23/h10-13,18,20,24H,2-9,14-16H2,1H3,(H,25,28)/t18-,23+/m0/s1. The molecule has 3 fully saturated rings. The lowest BCUT2D eigenvalue weighted by molar-refractivity contribution is -0.128. The predicted octanol–water partition coefficient (Wildman–Crippen LogP) is 3.81. The van der Waals surface area contributed by atoms with Gasteiger partial charge in [-0.1, -0.05) is 32.1 Å². The van der Waals surface area contributed by atoms with Crippen LogP contribution >= 0.6 is 0 Å². The van der Waals surface area contributed by atoms with Crippen LogP contribution < -0.4 is 10.6 Å². The Labute approximate surface area is 168 Å². The van der Waals surface area contributed by atoms with Gasteiger partial charge in [0.1, 0.15) is 0 Å². The average molecular weight is 384 g/mol. The molecule has 2 saturated carbocycles. The number of anilines is 1. The summed E-state index contributed by atoms with van der Waals surface area (Å²) in [6, 6.07) is 7.80. The Hall–Kier alpha value is -1.88. The van der Waals surface area contributed by atoms with Crippen LogP contribution in [0, 0.1) is 11.3 Å². The summed E-state index contributed by atoms with van der Waals surface area (Å²) in [4.78, 5) is 27.8. The molecule has 0 bridgehead atoms. The highest BCUT2D eigenvalue weighted by Gasteiger charge is 2.49. The van der Waals surface area contributed by atoms with Crippen molar-refractivity contribution in [2.75, 3.05) is 25.5 Å². The monoisotopic (exact) mass is 383 g/mol. The van der Waals surface area contributed by atoms with Gasteiger partial charge in [0.25, 0.3) is 5.91 Å². The van der Waals surface area contributed by atoms with Crippen LogP contribution in [-0.4, -0.2) is 42.9 Å². The van der Waals surface area contributed by atoms with Crippen LogP contribution in [0.2, 0.25) is 0 Å². The molecule has 28 heavy (non-hydrogen) atoms. The molecule has 1 saturated heterocycles. The summed E-state index contributed by atoms with van der Waals surface area (Å²) in [7, 11) is 1.92. The topological polar surface area (TPSA) is 61.4 Å². The van der Waals surface area contributed by atoms with Crippen LogP contribution in [-0.2, 0) is 4.79 Å². The Morgan fingerprint density at radius 2 is 1.75 bits per heavy atom. The van der Waals surface area contributed by atoms with Crippen LogP contribution in [0.4, 0.5) is 5.69 Å². The number of nitrogens with one attached hydrogen (secondary N) is 2. The third-order valence-electron chi connectivity index (χ3n) is 7.32. The molecule has 0 radical (unpaired) electrons. The molecule has 2 atom stereocenters. The van der Waals surface area contributed by atoms with Gasteiger partial charge in [0, 0.05) is 30.9 Å². The number of amides is 2.